The molecule has 4 rings (SSSR count). The van der Waals surface area contributed by atoms with Crippen molar-refractivity contribution in [3.63, 3.8) is 0 Å². The number of allylic oxidation sites excluding steroid dienone is 1. The van der Waals surface area contributed by atoms with Crippen molar-refractivity contribution in [3.05, 3.63) is 63.9 Å². The van der Waals surface area contributed by atoms with Crippen LogP contribution in [0.15, 0.2) is 63.2 Å². The molecule has 0 bridgehead atoms. The lowest BCUT2D eigenvalue weighted by Gasteiger charge is -2.21. The van der Waals surface area contributed by atoms with Crippen LogP contribution >= 0.6 is 23.1 Å². The molecule has 3 unspecified atom stereocenters. The van der Waals surface area contributed by atoms with Gasteiger partial charge in [0.15, 0.2) is 5.78 Å². The van der Waals surface area contributed by atoms with Crippen LogP contribution in [0.3, 0.4) is 0 Å². The van der Waals surface area contributed by atoms with Gasteiger partial charge in [-0.3, -0.25) is 4.79 Å². The van der Waals surface area contributed by atoms with Crippen molar-refractivity contribution in [2.45, 2.75) is 36.4 Å². The summed E-state index contributed by atoms with van der Waals surface area (Å²) >= 11 is 3.18. The second kappa shape index (κ2) is 6.57. The van der Waals surface area contributed by atoms with E-state index in [1.807, 2.05) is 18.4 Å². The number of thioether (sulfide) groups is 1. The van der Waals surface area contributed by atoms with Crippen LogP contribution < -0.4 is 0 Å². The molecule has 0 fully saturated rings. The third-order valence-electron chi connectivity index (χ3n) is 4.68. The lowest BCUT2D eigenvalue weighted by molar-refractivity contribution is -0.116. The standard InChI is InChI=1S/C20H18O3S2/c1-2-12-13-8-11(17-4-3-7-24-17)5-6-18(13)25-19-10-16(22)15(21)9-14(19)20(12)23/h3-10,12,15-16,21-22H,2H2,1H3. The molecule has 1 aliphatic carbocycles. The average Bonchev–Trinajstić information content (AvgIpc) is 3.11. The van der Waals surface area contributed by atoms with Crippen LogP contribution in [0.5, 0.6) is 0 Å². The van der Waals surface area contributed by atoms with Gasteiger partial charge < -0.3 is 10.2 Å². The monoisotopic (exact) mass is 370 g/mol. The van der Waals surface area contributed by atoms with E-state index in [0.717, 1.165) is 20.9 Å². The number of hydrogen-bond donors (Lipinski definition) is 2. The molecular weight excluding hydrogens is 352 g/mol. The van der Waals surface area contributed by atoms with Crippen molar-refractivity contribution >= 4 is 28.9 Å². The number of aliphatic hydroxyl groups excluding tert-OH is 2. The van der Waals surface area contributed by atoms with E-state index < -0.39 is 12.2 Å². The third-order valence-corrected chi connectivity index (χ3v) is 6.76. The Labute approximate surface area is 154 Å². The average molecular weight is 370 g/mol. The molecule has 0 radical (unpaired) electrons. The number of carbonyl (C=O) groups is 1. The van der Waals surface area contributed by atoms with Gasteiger partial charge in [-0.05, 0) is 53.3 Å². The third kappa shape index (κ3) is 2.91. The maximum Gasteiger partial charge on any atom is 0.171 e. The molecule has 3 nitrogen and oxygen atoms in total. The Morgan fingerprint density at radius 3 is 2.64 bits per heavy atom. The predicted molar refractivity (Wildman–Crippen MR) is 102 cm³/mol. The number of ketones is 1. The highest BCUT2D eigenvalue weighted by Crippen LogP contribution is 2.46. The fourth-order valence-corrected chi connectivity index (χ4v) is 5.25. The molecule has 25 heavy (non-hydrogen) atoms. The molecule has 2 N–H and O–H groups in total. The van der Waals surface area contributed by atoms with Crippen molar-refractivity contribution in [2.75, 3.05) is 0 Å². The van der Waals surface area contributed by atoms with Crippen LogP contribution in [0.4, 0.5) is 0 Å². The summed E-state index contributed by atoms with van der Waals surface area (Å²) in [7, 11) is 0. The van der Waals surface area contributed by atoms with Crippen LogP contribution in [0.1, 0.15) is 24.8 Å². The smallest absolute Gasteiger partial charge is 0.171 e. The van der Waals surface area contributed by atoms with E-state index in [4.69, 9.17) is 0 Å². The summed E-state index contributed by atoms with van der Waals surface area (Å²) in [5.41, 5.74) is 2.68. The Bertz CT molecular complexity index is 880. The Kier molecular flexibility index (Phi) is 4.41. The zero-order valence-electron chi connectivity index (χ0n) is 13.7. The first-order chi connectivity index (χ1) is 12.1. The van der Waals surface area contributed by atoms with Gasteiger partial charge in [0.05, 0.1) is 0 Å². The molecular formula is C20H18O3S2. The molecule has 0 saturated carbocycles. The maximum atomic E-state index is 13.1. The number of aliphatic hydroxyl groups is 2. The highest BCUT2D eigenvalue weighted by Gasteiger charge is 2.34. The van der Waals surface area contributed by atoms with Crippen LogP contribution in [0, 0.1) is 0 Å². The molecule has 2 aromatic rings. The molecule has 3 atom stereocenters. The number of benzene rings is 1. The lowest BCUT2D eigenvalue weighted by atomic mass is 9.85. The summed E-state index contributed by atoms with van der Waals surface area (Å²) in [5.74, 6) is -0.212. The van der Waals surface area contributed by atoms with Gasteiger partial charge in [-0.15, -0.1) is 11.3 Å². The predicted octanol–water partition coefficient (Wildman–Crippen LogP) is 4.13. The summed E-state index contributed by atoms with van der Waals surface area (Å²) in [6.07, 6.45) is 1.81. The van der Waals surface area contributed by atoms with E-state index in [1.165, 1.54) is 22.7 Å². The van der Waals surface area contributed by atoms with Gasteiger partial charge in [-0.2, -0.15) is 0 Å². The second-order valence-electron chi connectivity index (χ2n) is 6.25. The van der Waals surface area contributed by atoms with E-state index in [9.17, 15) is 15.0 Å². The molecule has 0 spiro atoms. The van der Waals surface area contributed by atoms with E-state index in [-0.39, 0.29) is 11.7 Å². The number of hydrogen-bond acceptors (Lipinski definition) is 5. The van der Waals surface area contributed by atoms with E-state index in [1.54, 1.807) is 17.4 Å². The highest BCUT2D eigenvalue weighted by atomic mass is 32.2. The Morgan fingerprint density at radius 2 is 1.92 bits per heavy atom. The number of rotatable bonds is 2. The van der Waals surface area contributed by atoms with Crippen molar-refractivity contribution in [2.24, 2.45) is 0 Å². The van der Waals surface area contributed by atoms with Crippen LogP contribution in [0.25, 0.3) is 10.4 Å². The van der Waals surface area contributed by atoms with Gasteiger partial charge in [0.1, 0.15) is 12.2 Å². The zero-order valence-corrected chi connectivity index (χ0v) is 15.3. The summed E-state index contributed by atoms with van der Waals surface area (Å²) in [4.78, 5) is 16.1. The summed E-state index contributed by atoms with van der Waals surface area (Å²) in [5, 5.41) is 21.9. The zero-order chi connectivity index (χ0) is 17.6. The Balaban J connectivity index is 1.85. The van der Waals surface area contributed by atoms with Gasteiger partial charge in [-0.1, -0.05) is 30.8 Å². The summed E-state index contributed by atoms with van der Waals surface area (Å²) < 4.78 is 0. The highest BCUT2D eigenvalue weighted by molar-refractivity contribution is 8.03. The van der Waals surface area contributed by atoms with Gasteiger partial charge >= 0.3 is 0 Å². The van der Waals surface area contributed by atoms with E-state index >= 15 is 0 Å². The van der Waals surface area contributed by atoms with E-state index in [2.05, 4.69) is 24.3 Å². The minimum absolute atomic E-state index is 0.0225. The normalized spacial score (nSPS) is 25.6. The minimum atomic E-state index is -1.02. The van der Waals surface area contributed by atoms with Crippen molar-refractivity contribution in [3.8, 4) is 10.4 Å². The molecule has 5 heteroatoms. The molecule has 1 aromatic heterocycles. The first-order valence-corrected chi connectivity index (χ1v) is 9.98. The maximum absolute atomic E-state index is 13.1. The first-order valence-electron chi connectivity index (χ1n) is 8.28. The topological polar surface area (TPSA) is 57.5 Å². The van der Waals surface area contributed by atoms with E-state index in [0.29, 0.717) is 12.0 Å². The lowest BCUT2D eigenvalue weighted by Crippen LogP contribution is -2.27. The fraction of sp³-hybridized carbons (Fsp3) is 0.250. The fourth-order valence-electron chi connectivity index (χ4n) is 3.35. The van der Waals surface area contributed by atoms with Gasteiger partial charge in [0, 0.05) is 26.2 Å². The second-order valence-corrected chi connectivity index (χ2v) is 8.28. The van der Waals surface area contributed by atoms with Crippen molar-refractivity contribution in [1.82, 2.24) is 0 Å². The number of fused-ring (bicyclic) bond motifs is 2. The van der Waals surface area contributed by atoms with Crippen molar-refractivity contribution < 1.29 is 15.0 Å². The molecule has 1 aromatic carbocycles. The number of carbonyl (C=O) groups excluding carboxylic acids is 1. The molecule has 1 aliphatic heterocycles. The molecule has 2 aliphatic rings. The number of Topliss-reactive ketones (excluding diaryl/α,β-unsaturated/α-hetero) is 1. The van der Waals surface area contributed by atoms with Crippen molar-refractivity contribution in [1.29, 1.82) is 0 Å². The van der Waals surface area contributed by atoms with Crippen LogP contribution in [-0.4, -0.2) is 28.2 Å². The number of thiophene rings is 1. The first kappa shape index (κ1) is 16.8. The SMILES string of the molecule is CCC1C(=O)C2=CC(O)C(O)C=C2Sc2ccc(-c3cccs3)cc21. The Morgan fingerprint density at radius 1 is 1.12 bits per heavy atom. The van der Waals surface area contributed by atoms with Gasteiger partial charge in [-0.25, -0.2) is 0 Å². The van der Waals surface area contributed by atoms with Gasteiger partial charge in [0.2, 0.25) is 0 Å². The minimum Gasteiger partial charge on any atom is -0.386 e. The molecule has 0 amide bonds. The summed E-state index contributed by atoms with van der Waals surface area (Å²) in [6.45, 7) is 2.01. The largest absolute Gasteiger partial charge is 0.386 e. The molecule has 2 heterocycles. The molecule has 128 valence electrons. The quantitative estimate of drug-likeness (QED) is 0.835. The summed E-state index contributed by atoms with van der Waals surface area (Å²) in [6, 6.07) is 10.4. The Hall–Kier alpha value is -1.66. The molecule has 0 saturated heterocycles. The van der Waals surface area contributed by atoms with Crippen LogP contribution in [0.2, 0.25) is 0 Å². The van der Waals surface area contributed by atoms with Gasteiger partial charge in [0.25, 0.3) is 0 Å². The van der Waals surface area contributed by atoms with Crippen LogP contribution in [-0.2, 0) is 4.79 Å².